The summed E-state index contributed by atoms with van der Waals surface area (Å²) in [5, 5.41) is 4.25. The molecule has 1 saturated heterocycles. The molecule has 4 aromatic rings. The maximum absolute atomic E-state index is 5.89. The highest BCUT2D eigenvalue weighted by Gasteiger charge is 2.42. The fraction of sp³-hybridized carbons (Fsp3) is 0.214. The first-order valence-electron chi connectivity index (χ1n) is 11.6. The normalized spacial score (nSPS) is 17.6. The number of hydrogen-bond donors (Lipinski definition) is 1. The molecular weight excluding hydrogens is 440 g/mol. The lowest BCUT2D eigenvalue weighted by molar-refractivity contribution is 0.340. The summed E-state index contributed by atoms with van der Waals surface area (Å²) in [5.41, 5.74) is 6.74. The number of hydrogen-bond acceptors (Lipinski definition) is 3. The van der Waals surface area contributed by atoms with Gasteiger partial charge in [0.15, 0.2) is 5.11 Å². The Kier molecular flexibility index (Phi) is 6.07. The van der Waals surface area contributed by atoms with Crippen LogP contribution in [0.3, 0.4) is 0 Å². The predicted molar refractivity (Wildman–Crippen MR) is 141 cm³/mol. The van der Waals surface area contributed by atoms with Gasteiger partial charge in [0.05, 0.1) is 24.4 Å². The van der Waals surface area contributed by atoms with Crippen LogP contribution in [0.25, 0.3) is 5.69 Å². The van der Waals surface area contributed by atoms with Crippen molar-refractivity contribution in [1.29, 1.82) is 0 Å². The Bertz CT molecular complexity index is 1290. The number of nitrogens with one attached hydrogen (secondary N) is 1. The number of rotatable bonds is 6. The molecule has 1 fully saturated rings. The highest BCUT2D eigenvalue weighted by atomic mass is 32.1. The van der Waals surface area contributed by atoms with Gasteiger partial charge in [-0.25, -0.2) is 0 Å². The maximum atomic E-state index is 5.89. The van der Waals surface area contributed by atoms with Gasteiger partial charge in [0.25, 0.3) is 0 Å². The van der Waals surface area contributed by atoms with Crippen molar-refractivity contribution in [1.82, 2.24) is 14.9 Å². The van der Waals surface area contributed by atoms with Gasteiger partial charge in [0.2, 0.25) is 0 Å². The number of ether oxygens (including phenoxy) is 1. The van der Waals surface area contributed by atoms with Crippen molar-refractivity contribution in [3.63, 3.8) is 0 Å². The molecule has 0 bridgehead atoms. The standard InChI is InChI=1S/C28H28N4OS/c1-4-33-23-15-13-22(14-16-23)32-27(26(30-28(32)34)25-12-8-9-17-29-25)24-18-19(2)31(20(24)3)21-10-6-5-7-11-21/h5-18,26-27H,4H2,1-3H3,(H,30,34)/t26-,27+/m1/s1. The first kappa shape index (κ1) is 22.2. The van der Waals surface area contributed by atoms with E-state index in [9.17, 15) is 0 Å². The second-order valence-corrected chi connectivity index (χ2v) is 8.81. The summed E-state index contributed by atoms with van der Waals surface area (Å²) >= 11 is 5.89. The van der Waals surface area contributed by atoms with Crippen LogP contribution in [0.2, 0.25) is 0 Å². The van der Waals surface area contributed by atoms with Crippen LogP contribution in [-0.2, 0) is 0 Å². The molecule has 2 aromatic carbocycles. The van der Waals surface area contributed by atoms with Crippen LogP contribution in [0.1, 0.15) is 41.7 Å². The molecule has 0 radical (unpaired) electrons. The van der Waals surface area contributed by atoms with E-state index in [2.05, 4.69) is 82.1 Å². The molecule has 0 spiro atoms. The Morgan fingerprint density at radius 3 is 2.35 bits per heavy atom. The van der Waals surface area contributed by atoms with Crippen molar-refractivity contribution in [3.8, 4) is 11.4 Å². The predicted octanol–water partition coefficient (Wildman–Crippen LogP) is 6.06. The van der Waals surface area contributed by atoms with Crippen molar-refractivity contribution in [3.05, 3.63) is 108 Å². The summed E-state index contributed by atoms with van der Waals surface area (Å²) in [5.74, 6) is 0.851. The molecule has 5 rings (SSSR count). The molecule has 5 nitrogen and oxygen atoms in total. The van der Waals surface area contributed by atoms with Gasteiger partial charge in [-0.05, 0) is 93.1 Å². The van der Waals surface area contributed by atoms with Crippen molar-refractivity contribution >= 4 is 23.0 Å². The lowest BCUT2D eigenvalue weighted by Gasteiger charge is -2.28. The summed E-state index contributed by atoms with van der Waals surface area (Å²) in [6.07, 6.45) is 1.84. The molecule has 1 N–H and O–H groups in total. The number of nitrogens with zero attached hydrogens (tertiary/aromatic N) is 3. The van der Waals surface area contributed by atoms with Crippen LogP contribution in [0.5, 0.6) is 5.75 Å². The molecular formula is C28H28N4OS. The van der Waals surface area contributed by atoms with E-state index < -0.39 is 0 Å². The Morgan fingerprint density at radius 1 is 0.941 bits per heavy atom. The first-order valence-corrected chi connectivity index (χ1v) is 12.0. The highest BCUT2D eigenvalue weighted by molar-refractivity contribution is 7.80. The van der Waals surface area contributed by atoms with Gasteiger partial charge in [0.1, 0.15) is 5.75 Å². The van der Waals surface area contributed by atoms with Crippen molar-refractivity contribution in [2.45, 2.75) is 32.9 Å². The third kappa shape index (κ3) is 3.94. The minimum atomic E-state index is -0.0787. The van der Waals surface area contributed by atoms with Crippen LogP contribution in [0.15, 0.2) is 85.1 Å². The van der Waals surface area contributed by atoms with Gasteiger partial charge in [0, 0.05) is 29.0 Å². The molecule has 34 heavy (non-hydrogen) atoms. The summed E-state index contributed by atoms with van der Waals surface area (Å²) in [6.45, 7) is 6.96. The second-order valence-electron chi connectivity index (χ2n) is 8.42. The number of aromatic nitrogens is 2. The van der Waals surface area contributed by atoms with E-state index in [-0.39, 0.29) is 12.1 Å². The number of para-hydroxylation sites is 1. The van der Waals surface area contributed by atoms with E-state index in [1.54, 1.807) is 0 Å². The second kappa shape index (κ2) is 9.31. The fourth-order valence-electron chi connectivity index (χ4n) is 4.88. The van der Waals surface area contributed by atoms with Crippen LogP contribution in [0, 0.1) is 13.8 Å². The summed E-state index contributed by atoms with van der Waals surface area (Å²) < 4.78 is 7.97. The van der Waals surface area contributed by atoms with Gasteiger partial charge < -0.3 is 19.5 Å². The molecule has 0 unspecified atom stereocenters. The quantitative estimate of drug-likeness (QED) is 0.348. The minimum Gasteiger partial charge on any atom is -0.494 e. The Hall–Kier alpha value is -3.64. The number of pyridine rings is 1. The Morgan fingerprint density at radius 2 is 1.68 bits per heavy atom. The van der Waals surface area contributed by atoms with Gasteiger partial charge in [-0.15, -0.1) is 0 Å². The SMILES string of the molecule is CCOc1ccc(N2C(=S)N[C@H](c3ccccn3)[C@@H]2c2cc(C)n(-c3ccccc3)c2C)cc1. The lowest BCUT2D eigenvalue weighted by Crippen LogP contribution is -2.29. The van der Waals surface area contributed by atoms with Crippen LogP contribution in [-0.4, -0.2) is 21.3 Å². The minimum absolute atomic E-state index is 0.0518. The monoisotopic (exact) mass is 468 g/mol. The van der Waals surface area contributed by atoms with Gasteiger partial charge >= 0.3 is 0 Å². The molecule has 2 atom stereocenters. The van der Waals surface area contributed by atoms with E-state index in [1.807, 2.05) is 43.5 Å². The molecule has 1 aliphatic rings. The molecule has 1 aliphatic heterocycles. The van der Waals surface area contributed by atoms with Crippen LogP contribution < -0.4 is 15.0 Å². The maximum Gasteiger partial charge on any atom is 0.174 e. The average molecular weight is 469 g/mol. The van der Waals surface area contributed by atoms with Crippen molar-refractivity contribution in [2.75, 3.05) is 11.5 Å². The summed E-state index contributed by atoms with van der Waals surface area (Å²) in [7, 11) is 0. The van der Waals surface area contributed by atoms with Crippen LogP contribution >= 0.6 is 12.2 Å². The molecule has 0 saturated carbocycles. The topological polar surface area (TPSA) is 42.3 Å². The highest BCUT2D eigenvalue weighted by Crippen LogP contribution is 2.44. The zero-order chi connectivity index (χ0) is 23.7. The molecule has 0 aliphatic carbocycles. The third-order valence-corrected chi connectivity index (χ3v) is 6.64. The Labute approximate surface area is 206 Å². The van der Waals surface area contributed by atoms with E-state index in [1.165, 1.54) is 17.0 Å². The number of thiocarbonyl (C=S) groups is 1. The smallest absolute Gasteiger partial charge is 0.174 e. The first-order chi connectivity index (χ1) is 16.6. The molecule has 6 heteroatoms. The number of benzene rings is 2. The third-order valence-electron chi connectivity index (χ3n) is 6.33. The largest absolute Gasteiger partial charge is 0.494 e. The fourth-order valence-corrected chi connectivity index (χ4v) is 5.23. The molecule has 0 amide bonds. The zero-order valence-corrected chi connectivity index (χ0v) is 20.4. The average Bonchev–Trinajstić information content (AvgIpc) is 3.36. The van der Waals surface area contributed by atoms with E-state index in [0.717, 1.165) is 22.8 Å². The lowest BCUT2D eigenvalue weighted by atomic mass is 9.96. The van der Waals surface area contributed by atoms with Crippen molar-refractivity contribution < 1.29 is 4.74 Å². The van der Waals surface area contributed by atoms with E-state index in [0.29, 0.717) is 11.7 Å². The zero-order valence-electron chi connectivity index (χ0n) is 19.6. The van der Waals surface area contributed by atoms with Crippen molar-refractivity contribution in [2.24, 2.45) is 0 Å². The molecule has 172 valence electrons. The summed E-state index contributed by atoms with van der Waals surface area (Å²) in [6, 6.07) is 26.8. The molecule has 2 aromatic heterocycles. The van der Waals surface area contributed by atoms with E-state index >= 15 is 0 Å². The Balaban J connectivity index is 1.64. The number of anilines is 1. The van der Waals surface area contributed by atoms with Gasteiger partial charge in [-0.3, -0.25) is 4.98 Å². The number of aryl methyl sites for hydroxylation is 1. The van der Waals surface area contributed by atoms with Gasteiger partial charge in [-0.2, -0.15) is 0 Å². The van der Waals surface area contributed by atoms with E-state index in [4.69, 9.17) is 17.0 Å². The molecule has 3 heterocycles. The summed E-state index contributed by atoms with van der Waals surface area (Å²) in [4.78, 5) is 6.89. The van der Waals surface area contributed by atoms with Gasteiger partial charge in [-0.1, -0.05) is 24.3 Å². The van der Waals surface area contributed by atoms with Crippen LogP contribution in [0.4, 0.5) is 5.69 Å².